The van der Waals surface area contributed by atoms with Crippen LogP contribution in [0.15, 0.2) is 18.2 Å². The van der Waals surface area contributed by atoms with Crippen molar-refractivity contribution in [2.45, 2.75) is 32.7 Å². The molecule has 1 aromatic carbocycles. The summed E-state index contributed by atoms with van der Waals surface area (Å²) in [5.41, 5.74) is 1.76. The first-order valence-electron chi connectivity index (χ1n) is 7.99. The van der Waals surface area contributed by atoms with Crippen molar-refractivity contribution in [3.8, 4) is 0 Å². The number of ether oxygens (including phenoxy) is 1. The normalized spacial score (nSPS) is 18.7. The van der Waals surface area contributed by atoms with E-state index in [0.717, 1.165) is 50.4 Å². The molecule has 0 amide bonds. The predicted molar refractivity (Wildman–Crippen MR) is 85.2 cm³/mol. The molecule has 1 aromatic rings. The molecule has 1 heterocycles. The van der Waals surface area contributed by atoms with Gasteiger partial charge in [0.1, 0.15) is 5.82 Å². The minimum absolute atomic E-state index is 0.134. The van der Waals surface area contributed by atoms with Gasteiger partial charge in [-0.05, 0) is 43.4 Å². The predicted octanol–water partition coefficient (Wildman–Crippen LogP) is 3.19. The SMILES string of the molecule is CCCNCc1cccc(F)c1N(C)CC1CCCOC1. The lowest BCUT2D eigenvalue weighted by atomic mass is 10.0. The fraction of sp³-hybridized carbons (Fsp3) is 0.647. The second-order valence-electron chi connectivity index (χ2n) is 5.89. The van der Waals surface area contributed by atoms with Crippen LogP contribution in [0.1, 0.15) is 31.7 Å². The standard InChI is InChI=1S/C17H27FN2O/c1-3-9-19-11-15-7-4-8-16(18)17(15)20(2)12-14-6-5-10-21-13-14/h4,7-8,14,19H,3,5-6,9-13H2,1-2H3. The molecule has 0 radical (unpaired) electrons. The molecule has 3 nitrogen and oxygen atoms in total. The van der Waals surface area contributed by atoms with Crippen LogP contribution < -0.4 is 10.2 Å². The molecule has 2 rings (SSSR count). The van der Waals surface area contributed by atoms with E-state index >= 15 is 0 Å². The summed E-state index contributed by atoms with van der Waals surface area (Å²) in [5, 5.41) is 3.36. The molecular weight excluding hydrogens is 267 g/mol. The third kappa shape index (κ3) is 4.68. The van der Waals surface area contributed by atoms with Crippen molar-refractivity contribution >= 4 is 5.69 Å². The molecule has 21 heavy (non-hydrogen) atoms. The first-order valence-corrected chi connectivity index (χ1v) is 7.99. The summed E-state index contributed by atoms with van der Waals surface area (Å²) in [7, 11) is 1.98. The summed E-state index contributed by atoms with van der Waals surface area (Å²) in [6.07, 6.45) is 3.36. The number of nitrogens with zero attached hydrogens (tertiary/aromatic N) is 1. The van der Waals surface area contributed by atoms with Gasteiger partial charge >= 0.3 is 0 Å². The lowest BCUT2D eigenvalue weighted by Crippen LogP contribution is -2.32. The molecule has 1 atom stereocenters. The van der Waals surface area contributed by atoms with Gasteiger partial charge in [0.25, 0.3) is 0 Å². The highest BCUT2D eigenvalue weighted by Crippen LogP contribution is 2.26. The molecule has 1 saturated heterocycles. The van der Waals surface area contributed by atoms with E-state index in [1.54, 1.807) is 12.1 Å². The second kappa shape index (κ2) is 8.35. The van der Waals surface area contributed by atoms with Gasteiger partial charge in [0.2, 0.25) is 0 Å². The Morgan fingerprint density at radius 1 is 1.43 bits per heavy atom. The van der Waals surface area contributed by atoms with Crippen molar-refractivity contribution in [1.82, 2.24) is 5.32 Å². The van der Waals surface area contributed by atoms with Gasteiger partial charge in [-0.25, -0.2) is 4.39 Å². The first-order chi connectivity index (χ1) is 10.2. The maximum absolute atomic E-state index is 14.3. The molecule has 0 aliphatic carbocycles. The number of hydrogen-bond donors (Lipinski definition) is 1. The maximum atomic E-state index is 14.3. The molecule has 0 aromatic heterocycles. The van der Waals surface area contributed by atoms with E-state index < -0.39 is 0 Å². The number of nitrogens with one attached hydrogen (secondary N) is 1. The van der Waals surface area contributed by atoms with Gasteiger partial charge in [0.15, 0.2) is 0 Å². The van der Waals surface area contributed by atoms with Crippen molar-refractivity contribution in [1.29, 1.82) is 0 Å². The largest absolute Gasteiger partial charge is 0.381 e. The van der Waals surface area contributed by atoms with Gasteiger partial charge in [0, 0.05) is 26.7 Å². The van der Waals surface area contributed by atoms with Crippen molar-refractivity contribution in [3.05, 3.63) is 29.6 Å². The van der Waals surface area contributed by atoms with Crippen LogP contribution in [0.2, 0.25) is 0 Å². The highest BCUT2D eigenvalue weighted by molar-refractivity contribution is 5.54. The average Bonchev–Trinajstić information content (AvgIpc) is 2.48. The van der Waals surface area contributed by atoms with Crippen LogP contribution in [-0.2, 0) is 11.3 Å². The zero-order valence-corrected chi connectivity index (χ0v) is 13.2. The fourth-order valence-electron chi connectivity index (χ4n) is 2.96. The minimum Gasteiger partial charge on any atom is -0.381 e. The third-order valence-corrected chi connectivity index (χ3v) is 3.98. The number of benzene rings is 1. The summed E-state index contributed by atoms with van der Waals surface area (Å²) in [5.74, 6) is 0.366. The Morgan fingerprint density at radius 3 is 3.00 bits per heavy atom. The smallest absolute Gasteiger partial charge is 0.146 e. The third-order valence-electron chi connectivity index (χ3n) is 3.98. The van der Waals surface area contributed by atoms with Crippen LogP contribution in [0.5, 0.6) is 0 Å². The summed E-state index contributed by atoms with van der Waals surface area (Å²) in [6.45, 7) is 6.31. The maximum Gasteiger partial charge on any atom is 0.146 e. The Morgan fingerprint density at radius 2 is 2.29 bits per heavy atom. The van der Waals surface area contributed by atoms with Gasteiger partial charge in [-0.2, -0.15) is 0 Å². The number of rotatable bonds is 7. The van der Waals surface area contributed by atoms with Crippen LogP contribution >= 0.6 is 0 Å². The van der Waals surface area contributed by atoms with Crippen molar-refractivity contribution in [2.75, 3.05) is 38.3 Å². The van der Waals surface area contributed by atoms with E-state index in [1.807, 2.05) is 13.1 Å². The fourth-order valence-corrected chi connectivity index (χ4v) is 2.96. The molecule has 1 aliphatic heterocycles. The molecule has 1 N–H and O–H groups in total. The molecule has 118 valence electrons. The number of hydrogen-bond acceptors (Lipinski definition) is 3. The zero-order valence-electron chi connectivity index (χ0n) is 13.2. The van der Waals surface area contributed by atoms with Crippen molar-refractivity contribution in [2.24, 2.45) is 5.92 Å². The molecule has 0 saturated carbocycles. The molecule has 0 bridgehead atoms. The van der Waals surface area contributed by atoms with Gasteiger partial charge < -0.3 is 15.0 Å². The molecule has 1 fully saturated rings. The quantitative estimate of drug-likeness (QED) is 0.782. The molecule has 1 unspecified atom stereocenters. The summed E-state index contributed by atoms with van der Waals surface area (Å²) >= 11 is 0. The summed E-state index contributed by atoms with van der Waals surface area (Å²) in [4.78, 5) is 2.05. The Bertz CT molecular complexity index is 433. The first kappa shape index (κ1) is 16.2. The highest BCUT2D eigenvalue weighted by Gasteiger charge is 2.19. The topological polar surface area (TPSA) is 24.5 Å². The monoisotopic (exact) mass is 294 g/mol. The van der Waals surface area contributed by atoms with E-state index in [0.29, 0.717) is 12.5 Å². The Hall–Kier alpha value is -1.13. The molecule has 1 aliphatic rings. The zero-order chi connectivity index (χ0) is 15.1. The van der Waals surface area contributed by atoms with E-state index in [2.05, 4.69) is 17.1 Å². The van der Waals surface area contributed by atoms with E-state index in [9.17, 15) is 4.39 Å². The van der Waals surface area contributed by atoms with Crippen LogP contribution in [-0.4, -0.2) is 33.4 Å². The lowest BCUT2D eigenvalue weighted by Gasteiger charge is -2.30. The Balaban J connectivity index is 2.04. The van der Waals surface area contributed by atoms with Crippen LogP contribution in [0.25, 0.3) is 0 Å². The van der Waals surface area contributed by atoms with E-state index in [1.165, 1.54) is 6.42 Å². The van der Waals surface area contributed by atoms with Crippen LogP contribution in [0.3, 0.4) is 0 Å². The Labute approximate surface area is 127 Å². The van der Waals surface area contributed by atoms with E-state index in [-0.39, 0.29) is 5.82 Å². The summed E-state index contributed by atoms with van der Waals surface area (Å²) in [6, 6.07) is 5.35. The van der Waals surface area contributed by atoms with Gasteiger partial charge in [-0.1, -0.05) is 19.1 Å². The highest BCUT2D eigenvalue weighted by atomic mass is 19.1. The molecular formula is C17H27FN2O. The van der Waals surface area contributed by atoms with Crippen LogP contribution in [0.4, 0.5) is 10.1 Å². The average molecular weight is 294 g/mol. The molecule has 4 heteroatoms. The van der Waals surface area contributed by atoms with Gasteiger partial charge in [-0.3, -0.25) is 0 Å². The second-order valence-corrected chi connectivity index (χ2v) is 5.89. The van der Waals surface area contributed by atoms with Gasteiger partial charge in [-0.15, -0.1) is 0 Å². The van der Waals surface area contributed by atoms with E-state index in [4.69, 9.17) is 4.74 Å². The minimum atomic E-state index is -0.134. The van der Waals surface area contributed by atoms with Gasteiger partial charge in [0.05, 0.1) is 12.3 Å². The van der Waals surface area contributed by atoms with Crippen molar-refractivity contribution in [3.63, 3.8) is 0 Å². The lowest BCUT2D eigenvalue weighted by molar-refractivity contribution is 0.0576. The number of halogens is 1. The number of anilines is 1. The van der Waals surface area contributed by atoms with Crippen molar-refractivity contribution < 1.29 is 9.13 Å². The van der Waals surface area contributed by atoms with Crippen LogP contribution in [0, 0.1) is 11.7 Å². The molecule has 0 spiro atoms. The Kier molecular flexibility index (Phi) is 6.46. The number of para-hydroxylation sites is 1. The summed E-state index contributed by atoms with van der Waals surface area (Å²) < 4.78 is 19.8.